The molecular formula is C17H13NO4. The van der Waals surface area contributed by atoms with Gasteiger partial charge in [0.2, 0.25) is 0 Å². The summed E-state index contributed by atoms with van der Waals surface area (Å²) in [6.45, 7) is 0. The van der Waals surface area contributed by atoms with Crippen LogP contribution in [-0.4, -0.2) is 10.5 Å². The Labute approximate surface area is 126 Å². The summed E-state index contributed by atoms with van der Waals surface area (Å²) in [5.74, 6) is -0.179. The molecule has 2 aromatic heterocycles. The van der Waals surface area contributed by atoms with Crippen LogP contribution in [0.2, 0.25) is 0 Å². The highest BCUT2D eigenvalue weighted by molar-refractivity contribution is 5.89. The van der Waals surface area contributed by atoms with Gasteiger partial charge in [-0.3, -0.25) is 0 Å². The molecule has 0 aliphatic heterocycles. The van der Waals surface area contributed by atoms with Crippen molar-refractivity contribution < 1.29 is 13.9 Å². The maximum Gasteiger partial charge on any atom is 0.336 e. The maximum absolute atomic E-state index is 11.8. The molecule has 5 nitrogen and oxygen atoms in total. The fraction of sp³-hybridized carbons (Fsp3) is 0.0588. The molecule has 3 rings (SSSR count). The zero-order chi connectivity index (χ0) is 15.5. The summed E-state index contributed by atoms with van der Waals surface area (Å²) in [5.41, 5.74) is 0.824. The van der Waals surface area contributed by atoms with Crippen molar-refractivity contribution in [1.29, 1.82) is 0 Å². The molecule has 0 spiro atoms. The molecule has 1 aromatic carbocycles. The summed E-state index contributed by atoms with van der Waals surface area (Å²) in [7, 11) is 1.89. The number of fused-ring (bicyclic) bond motifs is 1. The van der Waals surface area contributed by atoms with E-state index in [1.165, 1.54) is 18.2 Å². The zero-order valence-corrected chi connectivity index (χ0v) is 11.9. The van der Waals surface area contributed by atoms with E-state index in [0.717, 1.165) is 11.1 Å². The number of hydrogen-bond acceptors (Lipinski definition) is 4. The lowest BCUT2D eigenvalue weighted by Crippen LogP contribution is -2.04. The number of ether oxygens (including phenoxy) is 1. The summed E-state index contributed by atoms with van der Waals surface area (Å²) >= 11 is 0. The van der Waals surface area contributed by atoms with Crippen LogP contribution in [0.15, 0.2) is 63.9 Å². The molecule has 110 valence electrons. The van der Waals surface area contributed by atoms with E-state index >= 15 is 0 Å². The Balaban J connectivity index is 1.78. The van der Waals surface area contributed by atoms with Gasteiger partial charge in [0.05, 0.1) is 0 Å². The van der Waals surface area contributed by atoms with Gasteiger partial charge in [-0.15, -0.1) is 0 Å². The van der Waals surface area contributed by atoms with E-state index in [1.54, 1.807) is 24.3 Å². The van der Waals surface area contributed by atoms with Gasteiger partial charge in [0.25, 0.3) is 0 Å². The van der Waals surface area contributed by atoms with E-state index in [-0.39, 0.29) is 0 Å². The minimum Gasteiger partial charge on any atom is -0.423 e. The van der Waals surface area contributed by atoms with Crippen LogP contribution in [0.1, 0.15) is 5.69 Å². The second-order valence-electron chi connectivity index (χ2n) is 4.75. The lowest BCUT2D eigenvalue weighted by atomic mass is 10.2. The normalized spacial score (nSPS) is 11.1. The number of nitrogens with zero attached hydrogens (tertiary/aromatic N) is 1. The second kappa shape index (κ2) is 5.73. The molecule has 0 aliphatic carbocycles. The molecule has 0 unspecified atom stereocenters. The zero-order valence-electron chi connectivity index (χ0n) is 11.9. The molecule has 0 aliphatic rings. The third kappa shape index (κ3) is 2.98. The highest BCUT2D eigenvalue weighted by Crippen LogP contribution is 2.19. The Bertz CT molecular complexity index is 918. The standard InChI is InChI=1S/C17H13NO4/c1-18-10-2-3-13(18)6-9-16(19)21-14-7-4-12-5-8-17(20)22-15(12)11-14/h2-11H,1H3. The van der Waals surface area contributed by atoms with E-state index < -0.39 is 11.6 Å². The first-order valence-corrected chi connectivity index (χ1v) is 6.67. The predicted octanol–water partition coefficient (Wildman–Crippen LogP) is 2.75. The fourth-order valence-corrected chi connectivity index (χ4v) is 2.06. The Morgan fingerprint density at radius 3 is 2.82 bits per heavy atom. The van der Waals surface area contributed by atoms with Crippen LogP contribution < -0.4 is 10.4 Å². The molecule has 0 amide bonds. The summed E-state index contributed by atoms with van der Waals surface area (Å²) < 4.78 is 12.1. The van der Waals surface area contributed by atoms with Crippen molar-refractivity contribution in [3.05, 3.63) is 70.9 Å². The van der Waals surface area contributed by atoms with Gasteiger partial charge < -0.3 is 13.7 Å². The minimum absolute atomic E-state index is 0.323. The number of aromatic nitrogens is 1. The summed E-state index contributed by atoms with van der Waals surface area (Å²) in [4.78, 5) is 23.0. The Hall–Kier alpha value is -3.08. The molecule has 0 fully saturated rings. The number of carbonyl (C=O) groups excluding carboxylic acids is 1. The van der Waals surface area contributed by atoms with E-state index in [0.29, 0.717) is 11.3 Å². The van der Waals surface area contributed by atoms with Gasteiger partial charge >= 0.3 is 11.6 Å². The monoisotopic (exact) mass is 295 g/mol. The molecule has 3 aromatic rings. The third-order valence-corrected chi connectivity index (χ3v) is 3.19. The maximum atomic E-state index is 11.8. The highest BCUT2D eigenvalue weighted by atomic mass is 16.5. The van der Waals surface area contributed by atoms with Crippen molar-refractivity contribution in [3.63, 3.8) is 0 Å². The highest BCUT2D eigenvalue weighted by Gasteiger charge is 2.04. The third-order valence-electron chi connectivity index (χ3n) is 3.19. The number of aryl methyl sites for hydroxylation is 1. The minimum atomic E-state index is -0.501. The van der Waals surface area contributed by atoms with E-state index in [9.17, 15) is 9.59 Å². The number of hydrogen-bond donors (Lipinski definition) is 0. The molecule has 0 N–H and O–H groups in total. The number of carbonyl (C=O) groups is 1. The first-order chi connectivity index (χ1) is 10.6. The molecule has 5 heteroatoms. The Kier molecular flexibility index (Phi) is 3.62. The van der Waals surface area contributed by atoms with E-state index in [4.69, 9.17) is 9.15 Å². The van der Waals surface area contributed by atoms with Crippen molar-refractivity contribution in [2.24, 2.45) is 7.05 Å². The first kappa shape index (κ1) is 13.9. The SMILES string of the molecule is Cn1cccc1C=CC(=O)Oc1ccc2ccc(=O)oc2c1. The van der Waals surface area contributed by atoms with E-state index in [1.807, 2.05) is 29.9 Å². The smallest absolute Gasteiger partial charge is 0.336 e. The molecular weight excluding hydrogens is 282 g/mol. The number of benzene rings is 1. The second-order valence-corrected chi connectivity index (χ2v) is 4.75. The van der Waals surface area contributed by atoms with Crippen molar-refractivity contribution in [3.8, 4) is 5.75 Å². The van der Waals surface area contributed by atoms with Crippen LogP contribution in [0.25, 0.3) is 17.0 Å². The van der Waals surface area contributed by atoms with Crippen molar-refractivity contribution in [2.75, 3.05) is 0 Å². The molecule has 0 saturated carbocycles. The molecule has 0 radical (unpaired) electrons. The van der Waals surface area contributed by atoms with Gasteiger partial charge in [-0.1, -0.05) is 0 Å². The molecule has 2 heterocycles. The van der Waals surface area contributed by atoms with Crippen LogP contribution in [0.3, 0.4) is 0 Å². The lowest BCUT2D eigenvalue weighted by molar-refractivity contribution is -0.128. The molecule has 0 atom stereocenters. The summed E-state index contributed by atoms with van der Waals surface area (Å²) in [6.07, 6.45) is 4.90. The van der Waals surface area contributed by atoms with Crippen molar-refractivity contribution in [2.45, 2.75) is 0 Å². The van der Waals surface area contributed by atoms with Crippen LogP contribution in [0.4, 0.5) is 0 Å². The van der Waals surface area contributed by atoms with Crippen molar-refractivity contribution >= 4 is 23.0 Å². The van der Waals surface area contributed by atoms with Crippen LogP contribution in [-0.2, 0) is 11.8 Å². The van der Waals surface area contributed by atoms with Gasteiger partial charge in [0.1, 0.15) is 11.3 Å². The summed E-state index contributed by atoms with van der Waals surface area (Å²) in [5, 5.41) is 0.763. The van der Waals surface area contributed by atoms with Crippen LogP contribution in [0, 0.1) is 0 Å². The molecule has 0 bridgehead atoms. The van der Waals surface area contributed by atoms with Crippen LogP contribution >= 0.6 is 0 Å². The van der Waals surface area contributed by atoms with Gasteiger partial charge in [0, 0.05) is 42.5 Å². The van der Waals surface area contributed by atoms with Gasteiger partial charge in [-0.2, -0.15) is 0 Å². The quantitative estimate of drug-likeness (QED) is 0.322. The van der Waals surface area contributed by atoms with E-state index in [2.05, 4.69) is 0 Å². The topological polar surface area (TPSA) is 61.4 Å². The van der Waals surface area contributed by atoms with Gasteiger partial charge in [0.15, 0.2) is 0 Å². The van der Waals surface area contributed by atoms with Gasteiger partial charge in [-0.05, 0) is 36.4 Å². The molecule has 22 heavy (non-hydrogen) atoms. The Morgan fingerprint density at radius 2 is 2.05 bits per heavy atom. The largest absolute Gasteiger partial charge is 0.423 e. The predicted molar refractivity (Wildman–Crippen MR) is 82.6 cm³/mol. The van der Waals surface area contributed by atoms with Crippen LogP contribution in [0.5, 0.6) is 5.75 Å². The first-order valence-electron chi connectivity index (χ1n) is 6.67. The van der Waals surface area contributed by atoms with Gasteiger partial charge in [-0.25, -0.2) is 9.59 Å². The van der Waals surface area contributed by atoms with Crippen molar-refractivity contribution in [1.82, 2.24) is 4.57 Å². The lowest BCUT2D eigenvalue weighted by Gasteiger charge is -2.02. The average Bonchev–Trinajstić information content (AvgIpc) is 2.90. The summed E-state index contributed by atoms with van der Waals surface area (Å²) in [6, 6.07) is 11.7. The molecule has 0 saturated heterocycles. The Morgan fingerprint density at radius 1 is 1.23 bits per heavy atom. The number of rotatable bonds is 3. The number of esters is 1. The average molecular weight is 295 g/mol. The fourth-order valence-electron chi connectivity index (χ4n) is 2.06.